The number of rotatable bonds is 5. The summed E-state index contributed by atoms with van der Waals surface area (Å²) in [5.41, 5.74) is 0.471. The van der Waals surface area contributed by atoms with E-state index in [0.29, 0.717) is 29.6 Å². The molecular formula is C12H12ClN3O3. The van der Waals surface area contributed by atoms with Gasteiger partial charge in [-0.2, -0.15) is 0 Å². The first-order valence-electron chi connectivity index (χ1n) is 5.59. The standard InChI is InChI=1S/C12H12ClN3O3/c1-8-11(12(17)18)14-15-16(8)6-7-19-10-4-2-9(13)3-5-10/h2-5H,6-7H2,1H3,(H,17,18). The molecule has 0 aliphatic carbocycles. The highest BCUT2D eigenvalue weighted by Gasteiger charge is 2.14. The lowest BCUT2D eigenvalue weighted by molar-refractivity contribution is 0.0689. The van der Waals surface area contributed by atoms with E-state index in [0.717, 1.165) is 0 Å². The van der Waals surface area contributed by atoms with Crippen LogP contribution < -0.4 is 4.74 Å². The van der Waals surface area contributed by atoms with Crippen LogP contribution >= 0.6 is 11.6 Å². The van der Waals surface area contributed by atoms with Crippen LogP contribution in [0.1, 0.15) is 16.2 Å². The van der Waals surface area contributed by atoms with Crippen molar-refractivity contribution in [2.24, 2.45) is 0 Å². The molecule has 0 bridgehead atoms. The number of hydrogen-bond donors (Lipinski definition) is 1. The summed E-state index contributed by atoms with van der Waals surface area (Å²) in [4.78, 5) is 10.8. The van der Waals surface area contributed by atoms with Crippen molar-refractivity contribution in [1.82, 2.24) is 15.0 Å². The average Bonchev–Trinajstić information content (AvgIpc) is 2.74. The fourth-order valence-electron chi connectivity index (χ4n) is 1.55. The van der Waals surface area contributed by atoms with Crippen LogP contribution in [0.25, 0.3) is 0 Å². The maximum absolute atomic E-state index is 10.8. The van der Waals surface area contributed by atoms with E-state index in [4.69, 9.17) is 21.4 Å². The van der Waals surface area contributed by atoms with Gasteiger partial charge in [0, 0.05) is 5.02 Å². The van der Waals surface area contributed by atoms with E-state index >= 15 is 0 Å². The maximum Gasteiger partial charge on any atom is 0.358 e. The molecule has 1 aromatic carbocycles. The summed E-state index contributed by atoms with van der Waals surface area (Å²) in [7, 11) is 0. The molecule has 19 heavy (non-hydrogen) atoms. The van der Waals surface area contributed by atoms with Crippen molar-refractivity contribution in [3.05, 3.63) is 40.7 Å². The van der Waals surface area contributed by atoms with Gasteiger partial charge in [0.1, 0.15) is 12.4 Å². The Morgan fingerprint density at radius 1 is 1.42 bits per heavy atom. The third-order valence-corrected chi connectivity index (χ3v) is 2.82. The number of hydrogen-bond acceptors (Lipinski definition) is 4. The summed E-state index contributed by atoms with van der Waals surface area (Å²) >= 11 is 5.76. The first kappa shape index (κ1) is 13.4. The Balaban J connectivity index is 1.92. The molecule has 0 fully saturated rings. The molecule has 0 aliphatic heterocycles. The Hall–Kier alpha value is -2.08. The Morgan fingerprint density at radius 3 is 2.68 bits per heavy atom. The van der Waals surface area contributed by atoms with Gasteiger partial charge >= 0.3 is 5.97 Å². The fraction of sp³-hybridized carbons (Fsp3) is 0.250. The van der Waals surface area contributed by atoms with Gasteiger partial charge in [-0.05, 0) is 31.2 Å². The van der Waals surface area contributed by atoms with Crippen molar-refractivity contribution in [3.8, 4) is 5.75 Å². The highest BCUT2D eigenvalue weighted by atomic mass is 35.5. The van der Waals surface area contributed by atoms with E-state index < -0.39 is 5.97 Å². The van der Waals surface area contributed by atoms with Gasteiger partial charge in [-0.25, -0.2) is 9.48 Å². The van der Waals surface area contributed by atoms with Gasteiger partial charge in [0.2, 0.25) is 0 Å². The van der Waals surface area contributed by atoms with E-state index in [1.54, 1.807) is 31.2 Å². The molecule has 2 rings (SSSR count). The summed E-state index contributed by atoms with van der Waals surface area (Å²) in [6.45, 7) is 2.45. The summed E-state index contributed by atoms with van der Waals surface area (Å²) < 4.78 is 6.99. The Kier molecular flexibility index (Phi) is 4.01. The lowest BCUT2D eigenvalue weighted by atomic mass is 10.3. The minimum atomic E-state index is -1.08. The molecule has 0 spiro atoms. The van der Waals surface area contributed by atoms with Crippen molar-refractivity contribution >= 4 is 17.6 Å². The first-order valence-corrected chi connectivity index (χ1v) is 5.97. The molecule has 7 heteroatoms. The number of benzene rings is 1. The van der Waals surface area contributed by atoms with Crippen LogP contribution in [-0.2, 0) is 6.54 Å². The lowest BCUT2D eigenvalue weighted by Gasteiger charge is -2.07. The third kappa shape index (κ3) is 3.23. The third-order valence-electron chi connectivity index (χ3n) is 2.57. The molecule has 1 heterocycles. The minimum absolute atomic E-state index is 0.0357. The van der Waals surface area contributed by atoms with Crippen LogP contribution in [0, 0.1) is 6.92 Å². The average molecular weight is 282 g/mol. The monoisotopic (exact) mass is 281 g/mol. The number of nitrogens with zero attached hydrogens (tertiary/aromatic N) is 3. The molecular weight excluding hydrogens is 270 g/mol. The number of carboxylic acid groups (broad SMARTS) is 1. The topological polar surface area (TPSA) is 77.2 Å². The van der Waals surface area contributed by atoms with Gasteiger partial charge in [-0.15, -0.1) is 5.10 Å². The zero-order chi connectivity index (χ0) is 13.8. The van der Waals surface area contributed by atoms with Gasteiger partial charge < -0.3 is 9.84 Å². The predicted molar refractivity (Wildman–Crippen MR) is 68.7 cm³/mol. The van der Waals surface area contributed by atoms with Crippen molar-refractivity contribution in [2.45, 2.75) is 13.5 Å². The molecule has 100 valence electrons. The largest absolute Gasteiger partial charge is 0.492 e. The van der Waals surface area contributed by atoms with Crippen molar-refractivity contribution in [3.63, 3.8) is 0 Å². The van der Waals surface area contributed by atoms with Gasteiger partial charge in [0.25, 0.3) is 0 Å². The van der Waals surface area contributed by atoms with E-state index in [-0.39, 0.29) is 5.69 Å². The molecule has 0 saturated heterocycles. The first-order chi connectivity index (χ1) is 9.08. The molecule has 0 saturated carbocycles. The summed E-state index contributed by atoms with van der Waals surface area (Å²) in [5.74, 6) is -0.386. The normalized spacial score (nSPS) is 10.4. The molecule has 0 radical (unpaired) electrons. The zero-order valence-electron chi connectivity index (χ0n) is 10.2. The smallest absolute Gasteiger partial charge is 0.358 e. The van der Waals surface area contributed by atoms with Crippen LogP contribution in [0.3, 0.4) is 0 Å². The summed E-state index contributed by atoms with van der Waals surface area (Å²) in [6, 6.07) is 7.00. The summed E-state index contributed by atoms with van der Waals surface area (Å²) in [5, 5.41) is 16.9. The Morgan fingerprint density at radius 2 is 2.11 bits per heavy atom. The van der Waals surface area contributed by atoms with Crippen LogP contribution in [0.5, 0.6) is 5.75 Å². The van der Waals surface area contributed by atoms with Crippen LogP contribution in [0.2, 0.25) is 5.02 Å². The maximum atomic E-state index is 10.8. The van der Waals surface area contributed by atoms with Gasteiger partial charge in [0.15, 0.2) is 5.69 Å². The van der Waals surface area contributed by atoms with E-state index in [1.165, 1.54) is 4.68 Å². The second-order valence-electron chi connectivity index (χ2n) is 3.85. The Bertz CT molecular complexity index is 580. The van der Waals surface area contributed by atoms with Crippen LogP contribution in [0.15, 0.2) is 24.3 Å². The fourth-order valence-corrected chi connectivity index (χ4v) is 1.68. The number of carboxylic acids is 1. The SMILES string of the molecule is Cc1c(C(=O)O)nnn1CCOc1ccc(Cl)cc1. The van der Waals surface area contributed by atoms with Gasteiger partial charge in [-0.1, -0.05) is 16.8 Å². The van der Waals surface area contributed by atoms with E-state index in [9.17, 15) is 4.79 Å². The predicted octanol–water partition coefficient (Wildman–Crippen LogP) is 2.02. The Labute approximate surface area is 114 Å². The van der Waals surface area contributed by atoms with Gasteiger partial charge in [-0.3, -0.25) is 0 Å². The lowest BCUT2D eigenvalue weighted by Crippen LogP contribution is -2.11. The number of halogens is 1. The molecule has 1 aromatic heterocycles. The molecule has 0 aliphatic rings. The molecule has 2 aromatic rings. The number of aromatic carboxylic acids is 1. The van der Waals surface area contributed by atoms with Gasteiger partial charge in [0.05, 0.1) is 12.2 Å². The second kappa shape index (κ2) is 5.71. The zero-order valence-corrected chi connectivity index (χ0v) is 11.0. The van der Waals surface area contributed by atoms with E-state index in [1.807, 2.05) is 0 Å². The minimum Gasteiger partial charge on any atom is -0.492 e. The highest BCUT2D eigenvalue weighted by Crippen LogP contribution is 2.15. The quantitative estimate of drug-likeness (QED) is 0.907. The highest BCUT2D eigenvalue weighted by molar-refractivity contribution is 6.30. The van der Waals surface area contributed by atoms with Crippen molar-refractivity contribution < 1.29 is 14.6 Å². The molecule has 0 amide bonds. The second-order valence-corrected chi connectivity index (χ2v) is 4.29. The number of aromatic nitrogens is 3. The van der Waals surface area contributed by atoms with Crippen LogP contribution in [0.4, 0.5) is 0 Å². The van der Waals surface area contributed by atoms with Crippen molar-refractivity contribution in [1.29, 1.82) is 0 Å². The molecule has 0 unspecified atom stereocenters. The molecule has 0 atom stereocenters. The number of ether oxygens (including phenoxy) is 1. The van der Waals surface area contributed by atoms with Crippen LogP contribution in [-0.4, -0.2) is 32.7 Å². The molecule has 1 N–H and O–H groups in total. The number of carbonyl (C=O) groups is 1. The summed E-state index contributed by atoms with van der Waals surface area (Å²) in [6.07, 6.45) is 0. The van der Waals surface area contributed by atoms with Crippen molar-refractivity contribution in [2.75, 3.05) is 6.61 Å². The molecule has 6 nitrogen and oxygen atoms in total. The van der Waals surface area contributed by atoms with E-state index in [2.05, 4.69) is 10.3 Å².